The number of aromatic nitrogens is 2. The van der Waals surface area contributed by atoms with E-state index in [4.69, 9.17) is 4.74 Å². The second-order valence-corrected chi connectivity index (χ2v) is 5.03. The Bertz CT molecular complexity index is 469. The average molecular weight is 296 g/mol. The second-order valence-electron chi connectivity index (χ2n) is 5.03. The minimum absolute atomic E-state index is 0.283. The summed E-state index contributed by atoms with van der Waals surface area (Å²) in [5.74, 6) is -1.01. The molecule has 1 aromatic rings. The topological polar surface area (TPSA) is 105 Å². The van der Waals surface area contributed by atoms with Gasteiger partial charge in [-0.2, -0.15) is 0 Å². The molecule has 2 amide bonds. The first kappa shape index (κ1) is 15.3. The molecule has 1 fully saturated rings. The Morgan fingerprint density at radius 1 is 1.38 bits per heavy atom. The first-order valence-corrected chi connectivity index (χ1v) is 6.95. The van der Waals surface area contributed by atoms with Crippen molar-refractivity contribution in [2.45, 2.75) is 31.3 Å². The maximum absolute atomic E-state index is 11.8. The lowest BCUT2D eigenvalue weighted by Crippen LogP contribution is -2.59. The standard InChI is InChI=1S/C13H20N4O4/c18-11(19)13(2-8-21-9-3-13)16-12(20)15-4-1-6-17-7-5-14-10-17/h5,7,10H,1-4,6,8-9H2,(H,18,19)(H2,15,16,20). The summed E-state index contributed by atoms with van der Waals surface area (Å²) in [4.78, 5) is 27.2. The van der Waals surface area contributed by atoms with Crippen molar-refractivity contribution in [1.82, 2.24) is 20.2 Å². The molecule has 1 aliphatic rings. The van der Waals surface area contributed by atoms with Crippen LogP contribution in [0.2, 0.25) is 0 Å². The summed E-state index contributed by atoms with van der Waals surface area (Å²) in [6.45, 7) is 1.90. The van der Waals surface area contributed by atoms with Gasteiger partial charge in [-0.3, -0.25) is 0 Å². The normalized spacial score (nSPS) is 17.1. The highest BCUT2D eigenvalue weighted by atomic mass is 16.5. The van der Waals surface area contributed by atoms with E-state index in [1.54, 1.807) is 12.5 Å². The molecule has 2 heterocycles. The summed E-state index contributed by atoms with van der Waals surface area (Å²) in [5, 5.41) is 14.6. The van der Waals surface area contributed by atoms with Crippen LogP contribution in [0, 0.1) is 0 Å². The van der Waals surface area contributed by atoms with Gasteiger partial charge >= 0.3 is 12.0 Å². The van der Waals surface area contributed by atoms with Gasteiger partial charge in [0.1, 0.15) is 5.54 Å². The lowest BCUT2D eigenvalue weighted by Gasteiger charge is -2.33. The summed E-state index contributed by atoms with van der Waals surface area (Å²) in [7, 11) is 0. The lowest BCUT2D eigenvalue weighted by atomic mass is 9.90. The van der Waals surface area contributed by atoms with E-state index < -0.39 is 17.5 Å². The molecule has 0 bridgehead atoms. The third-order valence-electron chi connectivity index (χ3n) is 3.55. The van der Waals surface area contributed by atoms with Gasteiger partial charge in [0.2, 0.25) is 0 Å². The molecule has 21 heavy (non-hydrogen) atoms. The zero-order valence-corrected chi connectivity index (χ0v) is 11.7. The molecule has 0 spiro atoms. The van der Waals surface area contributed by atoms with Gasteiger partial charge in [-0.15, -0.1) is 0 Å². The molecule has 0 radical (unpaired) electrons. The summed E-state index contributed by atoms with van der Waals surface area (Å²) in [6, 6.07) is -0.454. The molecule has 2 rings (SSSR count). The predicted octanol–water partition coefficient (Wildman–Crippen LogP) is 0.206. The maximum Gasteiger partial charge on any atom is 0.329 e. The lowest BCUT2D eigenvalue weighted by molar-refractivity contribution is -0.148. The predicted molar refractivity (Wildman–Crippen MR) is 73.8 cm³/mol. The molecule has 0 atom stereocenters. The summed E-state index contributed by atoms with van der Waals surface area (Å²) < 4.78 is 7.07. The van der Waals surface area contributed by atoms with Crippen LogP contribution in [0.15, 0.2) is 18.7 Å². The van der Waals surface area contributed by atoms with E-state index in [1.165, 1.54) is 0 Å². The molecule has 3 N–H and O–H groups in total. The van der Waals surface area contributed by atoms with Crippen molar-refractivity contribution in [2.75, 3.05) is 19.8 Å². The van der Waals surface area contributed by atoms with E-state index in [2.05, 4.69) is 15.6 Å². The molecule has 116 valence electrons. The Morgan fingerprint density at radius 2 is 2.14 bits per heavy atom. The molecule has 1 aliphatic heterocycles. The van der Waals surface area contributed by atoms with Crippen LogP contribution in [-0.4, -0.2) is 52.0 Å². The van der Waals surface area contributed by atoms with Crippen LogP contribution >= 0.6 is 0 Å². The summed E-state index contributed by atoms with van der Waals surface area (Å²) in [6.07, 6.45) is 6.56. The number of aryl methyl sites for hydroxylation is 1. The van der Waals surface area contributed by atoms with E-state index in [0.717, 1.165) is 13.0 Å². The number of amides is 2. The number of urea groups is 1. The van der Waals surface area contributed by atoms with Crippen LogP contribution in [0.25, 0.3) is 0 Å². The van der Waals surface area contributed by atoms with Gasteiger partial charge in [-0.1, -0.05) is 0 Å². The van der Waals surface area contributed by atoms with Gasteiger partial charge in [-0.25, -0.2) is 14.6 Å². The first-order valence-electron chi connectivity index (χ1n) is 6.95. The minimum Gasteiger partial charge on any atom is -0.480 e. The van der Waals surface area contributed by atoms with Crippen molar-refractivity contribution < 1.29 is 19.4 Å². The minimum atomic E-state index is -1.22. The van der Waals surface area contributed by atoms with Gasteiger partial charge in [0.05, 0.1) is 6.33 Å². The molecule has 0 aromatic carbocycles. The number of carbonyl (C=O) groups excluding carboxylic acids is 1. The van der Waals surface area contributed by atoms with Crippen molar-refractivity contribution in [1.29, 1.82) is 0 Å². The van der Waals surface area contributed by atoms with E-state index in [0.29, 0.717) is 19.8 Å². The smallest absolute Gasteiger partial charge is 0.329 e. The van der Waals surface area contributed by atoms with Crippen LogP contribution < -0.4 is 10.6 Å². The molecule has 0 unspecified atom stereocenters. The number of rotatable bonds is 6. The van der Waals surface area contributed by atoms with Gasteiger partial charge in [-0.05, 0) is 6.42 Å². The molecule has 8 nitrogen and oxygen atoms in total. The second kappa shape index (κ2) is 7.07. The van der Waals surface area contributed by atoms with Crippen LogP contribution in [0.1, 0.15) is 19.3 Å². The Kier molecular flexibility index (Phi) is 5.15. The molecule has 1 saturated heterocycles. The highest BCUT2D eigenvalue weighted by molar-refractivity contribution is 5.86. The molecule has 1 aromatic heterocycles. The van der Waals surface area contributed by atoms with Gasteiger partial charge < -0.3 is 25.0 Å². The number of hydrogen-bond donors (Lipinski definition) is 3. The molecule has 0 aliphatic carbocycles. The van der Waals surface area contributed by atoms with Crippen LogP contribution in [0.3, 0.4) is 0 Å². The Morgan fingerprint density at radius 3 is 2.76 bits per heavy atom. The van der Waals surface area contributed by atoms with Crippen LogP contribution in [0.4, 0.5) is 4.79 Å². The van der Waals surface area contributed by atoms with Gasteiger partial charge in [0, 0.05) is 51.5 Å². The van der Waals surface area contributed by atoms with Crippen molar-refractivity contribution in [3.05, 3.63) is 18.7 Å². The molecule has 8 heteroatoms. The number of imidazole rings is 1. The van der Waals surface area contributed by atoms with Gasteiger partial charge in [0.25, 0.3) is 0 Å². The van der Waals surface area contributed by atoms with E-state index in [1.807, 2.05) is 10.8 Å². The van der Waals surface area contributed by atoms with Crippen LogP contribution in [0.5, 0.6) is 0 Å². The van der Waals surface area contributed by atoms with Crippen molar-refractivity contribution in [2.24, 2.45) is 0 Å². The van der Waals surface area contributed by atoms with E-state index in [9.17, 15) is 14.7 Å². The molecular weight excluding hydrogens is 276 g/mol. The van der Waals surface area contributed by atoms with E-state index >= 15 is 0 Å². The first-order chi connectivity index (χ1) is 10.1. The van der Waals surface area contributed by atoms with Crippen molar-refractivity contribution >= 4 is 12.0 Å². The number of nitrogens with one attached hydrogen (secondary N) is 2. The highest BCUT2D eigenvalue weighted by Crippen LogP contribution is 2.20. The third kappa shape index (κ3) is 4.19. The SMILES string of the molecule is O=C(NCCCn1ccnc1)NC1(C(=O)O)CCOCC1. The summed E-state index contributed by atoms with van der Waals surface area (Å²) in [5.41, 5.74) is -1.22. The number of carboxylic acids is 1. The Hall–Kier alpha value is -2.09. The molecule has 0 saturated carbocycles. The summed E-state index contributed by atoms with van der Waals surface area (Å²) >= 11 is 0. The van der Waals surface area contributed by atoms with E-state index in [-0.39, 0.29) is 12.8 Å². The number of carboxylic acid groups (broad SMARTS) is 1. The number of aliphatic carboxylic acids is 1. The fourth-order valence-electron chi connectivity index (χ4n) is 2.26. The fourth-order valence-corrected chi connectivity index (χ4v) is 2.26. The Labute approximate surface area is 122 Å². The third-order valence-corrected chi connectivity index (χ3v) is 3.55. The number of hydrogen-bond acceptors (Lipinski definition) is 4. The fraction of sp³-hybridized carbons (Fsp3) is 0.615. The highest BCUT2D eigenvalue weighted by Gasteiger charge is 2.41. The van der Waals surface area contributed by atoms with Gasteiger partial charge in [0.15, 0.2) is 0 Å². The quantitative estimate of drug-likeness (QED) is 0.651. The molecular formula is C13H20N4O4. The monoisotopic (exact) mass is 296 g/mol. The number of carbonyl (C=O) groups is 2. The largest absolute Gasteiger partial charge is 0.480 e. The maximum atomic E-state index is 11.8. The number of nitrogens with zero attached hydrogens (tertiary/aromatic N) is 2. The van der Waals surface area contributed by atoms with Crippen molar-refractivity contribution in [3.63, 3.8) is 0 Å². The van der Waals surface area contributed by atoms with Crippen LogP contribution in [-0.2, 0) is 16.1 Å². The zero-order chi connectivity index (χ0) is 15.1. The van der Waals surface area contributed by atoms with Crippen molar-refractivity contribution in [3.8, 4) is 0 Å². The average Bonchev–Trinajstić information content (AvgIpc) is 2.98. The Balaban J connectivity index is 1.73. The number of ether oxygens (including phenoxy) is 1. The zero-order valence-electron chi connectivity index (χ0n) is 11.7.